The van der Waals surface area contributed by atoms with E-state index in [-0.39, 0.29) is 5.97 Å². The van der Waals surface area contributed by atoms with Crippen LogP contribution in [0.3, 0.4) is 0 Å². The molecule has 0 aliphatic heterocycles. The summed E-state index contributed by atoms with van der Waals surface area (Å²) in [5, 5.41) is 0. The molecule has 0 atom stereocenters. The van der Waals surface area contributed by atoms with E-state index in [2.05, 4.69) is 5.92 Å². The van der Waals surface area contributed by atoms with Crippen LogP contribution in [0.1, 0.15) is 34.6 Å². The lowest BCUT2D eigenvalue weighted by Crippen LogP contribution is -2.33. The maximum atomic E-state index is 11.3. The van der Waals surface area contributed by atoms with Gasteiger partial charge in [-0.05, 0) is 34.6 Å². The summed E-state index contributed by atoms with van der Waals surface area (Å²) in [7, 11) is 0. The number of hydrogen-bond acceptors (Lipinski definition) is 2. The largest absolute Gasteiger partial charge is 0.446 e. The number of carbonyl (C=O) groups excluding carboxylic acids is 1. The molecule has 0 unspecified atom stereocenters. The summed E-state index contributed by atoms with van der Waals surface area (Å²) in [5.74, 6) is 2.13. The molecule has 12 heavy (non-hydrogen) atoms. The van der Waals surface area contributed by atoms with Gasteiger partial charge in [0.2, 0.25) is 0 Å². The van der Waals surface area contributed by atoms with Gasteiger partial charge in [0.1, 0.15) is 0 Å². The minimum absolute atomic E-state index is 0.273. The molecule has 0 heterocycles. The Morgan fingerprint density at radius 3 is 1.92 bits per heavy atom. The molecule has 0 saturated carbocycles. The van der Waals surface area contributed by atoms with Crippen LogP contribution in [0.5, 0.6) is 0 Å². The van der Waals surface area contributed by atoms with Crippen molar-refractivity contribution in [3.05, 3.63) is 0 Å². The molecule has 0 radical (unpaired) electrons. The van der Waals surface area contributed by atoms with Crippen LogP contribution >= 0.6 is 0 Å². The van der Waals surface area contributed by atoms with Gasteiger partial charge in [0.25, 0.3) is 0 Å². The number of esters is 1. The fourth-order valence-corrected chi connectivity index (χ4v) is 0.414. The van der Waals surface area contributed by atoms with E-state index in [0.29, 0.717) is 0 Å². The van der Waals surface area contributed by atoms with Gasteiger partial charge < -0.3 is 4.74 Å². The van der Waals surface area contributed by atoms with Crippen molar-refractivity contribution >= 4 is 5.97 Å². The zero-order valence-corrected chi connectivity index (χ0v) is 8.39. The molecule has 0 N–H and O–H groups in total. The molecule has 68 valence electrons. The Labute approximate surface area is 74.3 Å². The zero-order chi connectivity index (χ0) is 9.99. The minimum Gasteiger partial charge on any atom is -0.446 e. The summed E-state index contributed by atoms with van der Waals surface area (Å²) in [4.78, 5) is 11.3. The molecule has 2 heteroatoms. The van der Waals surface area contributed by atoms with Crippen LogP contribution in [0.2, 0.25) is 0 Å². The maximum absolute atomic E-state index is 11.3. The van der Waals surface area contributed by atoms with Crippen molar-refractivity contribution in [3.8, 4) is 12.3 Å². The minimum atomic E-state index is -0.801. The summed E-state index contributed by atoms with van der Waals surface area (Å²) in [5.41, 5.74) is -1.29. The Morgan fingerprint density at radius 2 is 1.67 bits per heavy atom. The molecule has 2 nitrogen and oxygen atoms in total. The van der Waals surface area contributed by atoms with E-state index in [0.717, 1.165) is 0 Å². The zero-order valence-electron chi connectivity index (χ0n) is 8.39. The molecular weight excluding hydrogens is 152 g/mol. The second-order valence-electron chi connectivity index (χ2n) is 4.29. The van der Waals surface area contributed by atoms with Crippen molar-refractivity contribution < 1.29 is 9.53 Å². The predicted octanol–water partition coefficient (Wildman–Crippen LogP) is 1.99. The third-order valence-corrected chi connectivity index (χ3v) is 1.31. The topological polar surface area (TPSA) is 26.3 Å². The van der Waals surface area contributed by atoms with E-state index in [4.69, 9.17) is 11.2 Å². The van der Waals surface area contributed by atoms with Gasteiger partial charge in [-0.15, -0.1) is 6.42 Å². The second-order valence-corrected chi connectivity index (χ2v) is 4.29. The Bertz CT molecular complexity index is 213. The van der Waals surface area contributed by atoms with Gasteiger partial charge in [-0.3, -0.25) is 4.79 Å². The normalized spacial score (nSPS) is 12.0. The number of terminal acetylenes is 1. The summed E-state index contributed by atoms with van der Waals surface area (Å²) >= 11 is 0. The highest BCUT2D eigenvalue weighted by Gasteiger charge is 2.28. The fraction of sp³-hybridized carbons (Fsp3) is 0.700. The van der Waals surface area contributed by atoms with Gasteiger partial charge in [0, 0.05) is 0 Å². The molecule has 0 aromatic carbocycles. The lowest BCUT2D eigenvalue weighted by atomic mass is 9.97. The Balaban J connectivity index is 4.33. The van der Waals surface area contributed by atoms with Crippen molar-refractivity contribution in [3.63, 3.8) is 0 Å². The predicted molar refractivity (Wildman–Crippen MR) is 48.5 cm³/mol. The average molecular weight is 168 g/mol. The van der Waals surface area contributed by atoms with Crippen molar-refractivity contribution in [2.75, 3.05) is 0 Å². The molecule has 0 saturated heterocycles. The van der Waals surface area contributed by atoms with E-state index >= 15 is 0 Å². The maximum Gasteiger partial charge on any atom is 0.312 e. The van der Waals surface area contributed by atoms with Crippen LogP contribution in [0, 0.1) is 17.8 Å². The van der Waals surface area contributed by atoms with Gasteiger partial charge in [-0.25, -0.2) is 0 Å². The molecule has 0 bridgehead atoms. The number of ether oxygens (including phenoxy) is 1. The van der Waals surface area contributed by atoms with Crippen LogP contribution in [0.4, 0.5) is 0 Å². The number of rotatable bonds is 1. The van der Waals surface area contributed by atoms with E-state index in [1.807, 2.05) is 0 Å². The monoisotopic (exact) mass is 168 g/mol. The molecular formula is C10H16O2. The summed E-state index contributed by atoms with van der Waals surface area (Å²) in [6, 6.07) is 0. The molecule has 0 fully saturated rings. The quantitative estimate of drug-likeness (QED) is 0.442. The number of hydrogen-bond donors (Lipinski definition) is 0. The van der Waals surface area contributed by atoms with Crippen LogP contribution in [0.25, 0.3) is 0 Å². The molecule has 0 aliphatic rings. The lowest BCUT2D eigenvalue weighted by Gasteiger charge is -2.24. The first kappa shape index (κ1) is 11.0. The van der Waals surface area contributed by atoms with Crippen LogP contribution in [0.15, 0.2) is 0 Å². The first-order valence-corrected chi connectivity index (χ1v) is 3.90. The van der Waals surface area contributed by atoms with E-state index in [1.165, 1.54) is 0 Å². The first-order valence-electron chi connectivity index (χ1n) is 3.90. The highest BCUT2D eigenvalue weighted by atomic mass is 16.6. The molecule has 0 spiro atoms. The van der Waals surface area contributed by atoms with E-state index in [1.54, 1.807) is 34.6 Å². The molecule has 0 rings (SSSR count). The standard InChI is InChI=1S/C10H16O2/c1-7-10(5,6)12-8(11)9(2,3)4/h1H,2-6H3. The Kier molecular flexibility index (Phi) is 2.93. The van der Waals surface area contributed by atoms with Gasteiger partial charge in [0.15, 0.2) is 5.60 Å². The van der Waals surface area contributed by atoms with Gasteiger partial charge >= 0.3 is 5.97 Å². The smallest absolute Gasteiger partial charge is 0.312 e. The van der Waals surface area contributed by atoms with Crippen LogP contribution < -0.4 is 0 Å². The molecule has 0 aromatic heterocycles. The average Bonchev–Trinajstić information content (AvgIpc) is 1.85. The van der Waals surface area contributed by atoms with Crippen molar-refractivity contribution in [1.82, 2.24) is 0 Å². The van der Waals surface area contributed by atoms with Crippen LogP contribution in [-0.4, -0.2) is 11.6 Å². The molecule has 0 amide bonds. The van der Waals surface area contributed by atoms with E-state index < -0.39 is 11.0 Å². The van der Waals surface area contributed by atoms with Crippen molar-refractivity contribution in [1.29, 1.82) is 0 Å². The summed E-state index contributed by atoms with van der Waals surface area (Å²) < 4.78 is 5.08. The Morgan fingerprint density at radius 1 is 1.25 bits per heavy atom. The Hall–Kier alpha value is -0.970. The number of carbonyl (C=O) groups is 1. The highest BCUT2D eigenvalue weighted by molar-refractivity contribution is 5.76. The van der Waals surface area contributed by atoms with E-state index in [9.17, 15) is 4.79 Å². The third kappa shape index (κ3) is 3.43. The summed E-state index contributed by atoms with van der Waals surface area (Å²) in [6.07, 6.45) is 5.17. The fourth-order valence-electron chi connectivity index (χ4n) is 0.414. The SMILES string of the molecule is C#CC(C)(C)OC(=O)C(C)(C)C. The second kappa shape index (κ2) is 3.18. The lowest BCUT2D eigenvalue weighted by molar-refractivity contribution is -0.161. The third-order valence-electron chi connectivity index (χ3n) is 1.31. The van der Waals surface area contributed by atoms with Crippen molar-refractivity contribution in [2.45, 2.75) is 40.2 Å². The molecule has 0 aliphatic carbocycles. The highest BCUT2D eigenvalue weighted by Crippen LogP contribution is 2.19. The van der Waals surface area contributed by atoms with Gasteiger partial charge in [0.05, 0.1) is 5.41 Å². The summed E-state index contributed by atoms with van der Waals surface area (Å²) in [6.45, 7) is 8.76. The van der Waals surface area contributed by atoms with Gasteiger partial charge in [-0.2, -0.15) is 0 Å². The molecule has 0 aromatic rings. The van der Waals surface area contributed by atoms with Crippen molar-refractivity contribution in [2.24, 2.45) is 5.41 Å². The van der Waals surface area contributed by atoms with Gasteiger partial charge in [-0.1, -0.05) is 5.92 Å². The first-order chi connectivity index (χ1) is 5.19. The van der Waals surface area contributed by atoms with Crippen LogP contribution in [-0.2, 0) is 9.53 Å².